The van der Waals surface area contributed by atoms with Crippen LogP contribution in [0.2, 0.25) is 0 Å². The SMILES string of the molecule is CNCc1ccc(S(=O)(=O)Nc2cnccc2C)cc1. The van der Waals surface area contributed by atoms with Gasteiger partial charge in [-0.1, -0.05) is 12.1 Å². The molecule has 1 aromatic carbocycles. The minimum Gasteiger partial charge on any atom is -0.316 e. The monoisotopic (exact) mass is 291 g/mol. The Kier molecular flexibility index (Phi) is 4.36. The molecule has 0 unspecified atom stereocenters. The van der Waals surface area contributed by atoms with Crippen molar-refractivity contribution in [1.82, 2.24) is 10.3 Å². The van der Waals surface area contributed by atoms with Crippen molar-refractivity contribution in [3.8, 4) is 0 Å². The lowest BCUT2D eigenvalue weighted by molar-refractivity contribution is 0.601. The number of sulfonamides is 1. The van der Waals surface area contributed by atoms with Crippen LogP contribution in [0.1, 0.15) is 11.1 Å². The van der Waals surface area contributed by atoms with Crippen LogP contribution in [0.15, 0.2) is 47.6 Å². The van der Waals surface area contributed by atoms with Gasteiger partial charge in [0.2, 0.25) is 0 Å². The van der Waals surface area contributed by atoms with Crippen molar-refractivity contribution in [2.45, 2.75) is 18.4 Å². The van der Waals surface area contributed by atoms with Crippen LogP contribution in [0.4, 0.5) is 5.69 Å². The molecule has 0 radical (unpaired) electrons. The molecule has 0 aliphatic heterocycles. The molecule has 0 fully saturated rings. The summed E-state index contributed by atoms with van der Waals surface area (Å²) >= 11 is 0. The summed E-state index contributed by atoms with van der Waals surface area (Å²) in [6.07, 6.45) is 3.13. The van der Waals surface area contributed by atoms with Crippen molar-refractivity contribution >= 4 is 15.7 Å². The van der Waals surface area contributed by atoms with Gasteiger partial charge in [0.05, 0.1) is 16.8 Å². The fourth-order valence-electron chi connectivity index (χ4n) is 1.77. The highest BCUT2D eigenvalue weighted by Gasteiger charge is 2.15. The van der Waals surface area contributed by atoms with Crippen LogP contribution in [0, 0.1) is 6.92 Å². The van der Waals surface area contributed by atoms with Gasteiger partial charge in [-0.25, -0.2) is 8.42 Å². The highest BCUT2D eigenvalue weighted by molar-refractivity contribution is 7.92. The first-order valence-electron chi connectivity index (χ1n) is 6.20. The first kappa shape index (κ1) is 14.5. The van der Waals surface area contributed by atoms with Gasteiger partial charge in [-0.15, -0.1) is 0 Å². The predicted molar refractivity (Wildman–Crippen MR) is 79.0 cm³/mol. The fourth-order valence-corrected chi connectivity index (χ4v) is 2.88. The summed E-state index contributed by atoms with van der Waals surface area (Å²) in [6.45, 7) is 2.53. The van der Waals surface area contributed by atoms with Crippen LogP contribution in [0.25, 0.3) is 0 Å². The Morgan fingerprint density at radius 3 is 2.45 bits per heavy atom. The van der Waals surface area contributed by atoms with Gasteiger partial charge in [-0.05, 0) is 43.3 Å². The Morgan fingerprint density at radius 2 is 1.85 bits per heavy atom. The van der Waals surface area contributed by atoms with Gasteiger partial charge in [0.15, 0.2) is 0 Å². The molecule has 6 heteroatoms. The molecule has 0 bridgehead atoms. The van der Waals surface area contributed by atoms with Crippen molar-refractivity contribution in [3.63, 3.8) is 0 Å². The van der Waals surface area contributed by atoms with Gasteiger partial charge in [0.25, 0.3) is 10.0 Å². The second-order valence-electron chi connectivity index (χ2n) is 4.47. The summed E-state index contributed by atoms with van der Waals surface area (Å²) < 4.78 is 27.1. The number of benzene rings is 1. The van der Waals surface area contributed by atoms with Crippen molar-refractivity contribution < 1.29 is 8.42 Å². The molecule has 0 saturated heterocycles. The standard InChI is InChI=1S/C14H17N3O2S/c1-11-7-8-16-10-14(11)17-20(18,19)13-5-3-12(4-6-13)9-15-2/h3-8,10,15,17H,9H2,1-2H3. The van der Waals surface area contributed by atoms with Crippen molar-refractivity contribution in [1.29, 1.82) is 0 Å². The highest BCUT2D eigenvalue weighted by atomic mass is 32.2. The van der Waals surface area contributed by atoms with E-state index >= 15 is 0 Å². The molecular weight excluding hydrogens is 274 g/mol. The lowest BCUT2D eigenvalue weighted by atomic mass is 10.2. The van der Waals surface area contributed by atoms with E-state index in [9.17, 15) is 8.42 Å². The molecule has 0 atom stereocenters. The number of nitrogens with zero attached hydrogens (tertiary/aromatic N) is 1. The van der Waals surface area contributed by atoms with Crippen LogP contribution in [0.3, 0.4) is 0 Å². The third kappa shape index (κ3) is 3.34. The predicted octanol–water partition coefficient (Wildman–Crippen LogP) is 1.91. The van der Waals surface area contributed by atoms with Gasteiger partial charge in [0.1, 0.15) is 0 Å². The van der Waals surface area contributed by atoms with Gasteiger partial charge in [-0.2, -0.15) is 0 Å². The lowest BCUT2D eigenvalue weighted by Crippen LogP contribution is -2.14. The third-order valence-electron chi connectivity index (χ3n) is 2.90. The maximum Gasteiger partial charge on any atom is 0.261 e. The van der Waals surface area contributed by atoms with Gasteiger partial charge in [-0.3, -0.25) is 9.71 Å². The van der Waals surface area contributed by atoms with Crippen LogP contribution < -0.4 is 10.0 Å². The molecular formula is C14H17N3O2S. The van der Waals surface area contributed by atoms with E-state index in [1.807, 2.05) is 14.0 Å². The van der Waals surface area contributed by atoms with Crippen LogP contribution in [0.5, 0.6) is 0 Å². The zero-order valence-electron chi connectivity index (χ0n) is 11.4. The molecule has 5 nitrogen and oxygen atoms in total. The summed E-state index contributed by atoms with van der Waals surface area (Å²) in [5, 5.41) is 3.02. The quantitative estimate of drug-likeness (QED) is 0.883. The lowest BCUT2D eigenvalue weighted by Gasteiger charge is -2.10. The fraction of sp³-hybridized carbons (Fsp3) is 0.214. The summed E-state index contributed by atoms with van der Waals surface area (Å²) in [5.74, 6) is 0. The summed E-state index contributed by atoms with van der Waals surface area (Å²) in [7, 11) is -1.73. The number of aromatic nitrogens is 1. The number of hydrogen-bond acceptors (Lipinski definition) is 4. The Bertz CT molecular complexity index is 682. The van der Waals surface area contributed by atoms with Crippen molar-refractivity contribution in [3.05, 3.63) is 53.9 Å². The third-order valence-corrected chi connectivity index (χ3v) is 4.28. The molecule has 2 N–H and O–H groups in total. The molecule has 2 aromatic rings. The van der Waals surface area contributed by atoms with E-state index in [0.717, 1.165) is 11.1 Å². The molecule has 0 aliphatic carbocycles. The Hall–Kier alpha value is -1.92. The number of anilines is 1. The molecule has 1 heterocycles. The minimum absolute atomic E-state index is 0.237. The maximum atomic E-state index is 12.3. The van der Waals surface area contributed by atoms with E-state index in [2.05, 4.69) is 15.0 Å². The largest absolute Gasteiger partial charge is 0.316 e. The molecule has 1 aromatic heterocycles. The number of rotatable bonds is 5. The zero-order valence-corrected chi connectivity index (χ0v) is 12.2. The van der Waals surface area contributed by atoms with Crippen LogP contribution >= 0.6 is 0 Å². The Morgan fingerprint density at radius 1 is 1.15 bits per heavy atom. The maximum absolute atomic E-state index is 12.3. The molecule has 106 valence electrons. The van der Waals surface area contributed by atoms with Gasteiger partial charge < -0.3 is 5.32 Å². The number of nitrogens with one attached hydrogen (secondary N) is 2. The smallest absolute Gasteiger partial charge is 0.261 e. The molecule has 0 amide bonds. The summed E-state index contributed by atoms with van der Waals surface area (Å²) in [5.41, 5.74) is 2.35. The average Bonchev–Trinajstić information content (AvgIpc) is 2.42. The second-order valence-corrected chi connectivity index (χ2v) is 6.15. The van der Waals surface area contributed by atoms with Crippen LogP contribution in [-0.2, 0) is 16.6 Å². The van der Waals surface area contributed by atoms with E-state index < -0.39 is 10.0 Å². The van der Waals surface area contributed by atoms with E-state index in [-0.39, 0.29) is 4.90 Å². The zero-order chi connectivity index (χ0) is 14.6. The second kappa shape index (κ2) is 6.02. The normalized spacial score (nSPS) is 11.3. The van der Waals surface area contributed by atoms with Gasteiger partial charge in [0, 0.05) is 12.7 Å². The van der Waals surface area contributed by atoms with Gasteiger partial charge >= 0.3 is 0 Å². The van der Waals surface area contributed by atoms with E-state index in [1.54, 1.807) is 36.5 Å². The number of aryl methyl sites for hydroxylation is 1. The first-order valence-corrected chi connectivity index (χ1v) is 7.68. The molecule has 20 heavy (non-hydrogen) atoms. The van der Waals surface area contributed by atoms with E-state index in [4.69, 9.17) is 0 Å². The van der Waals surface area contributed by atoms with E-state index in [1.165, 1.54) is 6.20 Å². The van der Waals surface area contributed by atoms with E-state index in [0.29, 0.717) is 12.2 Å². The molecule has 0 spiro atoms. The Labute approximate surface area is 119 Å². The molecule has 0 saturated carbocycles. The Balaban J connectivity index is 2.24. The van der Waals surface area contributed by atoms with Crippen molar-refractivity contribution in [2.24, 2.45) is 0 Å². The first-order chi connectivity index (χ1) is 9.53. The summed E-state index contributed by atoms with van der Waals surface area (Å²) in [4.78, 5) is 4.16. The molecule has 2 rings (SSSR count). The topological polar surface area (TPSA) is 71.1 Å². The average molecular weight is 291 g/mol. The summed E-state index contributed by atoms with van der Waals surface area (Å²) in [6, 6.07) is 8.54. The highest BCUT2D eigenvalue weighted by Crippen LogP contribution is 2.18. The molecule has 0 aliphatic rings. The minimum atomic E-state index is -3.58. The number of hydrogen-bond donors (Lipinski definition) is 2. The van der Waals surface area contributed by atoms with Crippen molar-refractivity contribution in [2.75, 3.05) is 11.8 Å². The van der Waals surface area contributed by atoms with Crippen LogP contribution in [-0.4, -0.2) is 20.4 Å². The number of pyridine rings is 1.